The first-order valence-corrected chi connectivity index (χ1v) is 14.1. The SMILES string of the molecule is NC(N)=NCCC[C@@H](N)C(=O)NCC(=O)N(C(=O)OCc1ccccc1)[C@@H](CCCN=C(N)N)C(=O)Nc1ccc([N+](=O)[O-])cc1. The van der Waals surface area contributed by atoms with E-state index in [1.54, 1.807) is 30.3 Å². The maximum atomic E-state index is 13.6. The van der Waals surface area contributed by atoms with E-state index in [1.165, 1.54) is 24.3 Å². The minimum absolute atomic E-state index is 0.0657. The Morgan fingerprint density at radius 3 is 2.02 bits per heavy atom. The molecule has 0 heterocycles. The van der Waals surface area contributed by atoms with Crippen LogP contribution in [-0.2, 0) is 25.7 Å². The zero-order valence-electron chi connectivity index (χ0n) is 25.0. The van der Waals surface area contributed by atoms with E-state index in [2.05, 4.69) is 20.6 Å². The van der Waals surface area contributed by atoms with Crippen LogP contribution in [0.3, 0.4) is 0 Å². The van der Waals surface area contributed by atoms with E-state index in [0.29, 0.717) is 16.9 Å². The lowest BCUT2D eigenvalue weighted by Crippen LogP contribution is -2.54. The summed E-state index contributed by atoms with van der Waals surface area (Å²) < 4.78 is 5.39. The molecule has 0 aromatic heterocycles. The standard InChI is InChI=1S/C28H39N11O7/c29-21(8-4-14-34-26(30)31)24(41)36-16-23(40)38(28(43)46-17-18-6-2-1-3-7-18)22(9-5-15-35-27(32)33)25(42)37-19-10-12-20(13-11-19)39(44)45/h1-3,6-7,10-13,21-22H,4-5,8-9,14-17,29H2,(H,36,41)(H,37,42)(H4,30,31,34)(H4,32,33,35)/t21-,22+/m1/s1. The van der Waals surface area contributed by atoms with Crippen molar-refractivity contribution in [2.45, 2.75) is 44.4 Å². The number of nitrogens with two attached hydrogens (primary N) is 5. The Bertz CT molecular complexity index is 1390. The van der Waals surface area contributed by atoms with Gasteiger partial charge in [-0.1, -0.05) is 30.3 Å². The molecule has 2 aromatic carbocycles. The van der Waals surface area contributed by atoms with Crippen LogP contribution in [0.2, 0.25) is 0 Å². The molecule has 0 aliphatic heterocycles. The van der Waals surface area contributed by atoms with Gasteiger partial charge in [-0.05, 0) is 43.4 Å². The summed E-state index contributed by atoms with van der Waals surface area (Å²) in [5, 5.41) is 16.0. The fourth-order valence-electron chi connectivity index (χ4n) is 3.98. The van der Waals surface area contributed by atoms with Gasteiger partial charge in [-0.2, -0.15) is 0 Å². The summed E-state index contributed by atoms with van der Waals surface area (Å²) >= 11 is 0. The lowest BCUT2D eigenvalue weighted by Gasteiger charge is -2.29. The third-order valence-electron chi connectivity index (χ3n) is 6.28. The van der Waals surface area contributed by atoms with Gasteiger partial charge in [0.25, 0.3) is 11.6 Å². The molecular formula is C28H39N11O7. The zero-order valence-corrected chi connectivity index (χ0v) is 25.0. The molecule has 248 valence electrons. The second-order valence-corrected chi connectivity index (χ2v) is 9.83. The number of guanidine groups is 2. The first-order valence-electron chi connectivity index (χ1n) is 14.1. The minimum atomic E-state index is -1.47. The Morgan fingerprint density at radius 2 is 1.46 bits per heavy atom. The minimum Gasteiger partial charge on any atom is -0.444 e. The molecule has 2 aromatic rings. The van der Waals surface area contributed by atoms with E-state index in [0.717, 1.165) is 0 Å². The van der Waals surface area contributed by atoms with Crippen molar-refractivity contribution in [3.05, 3.63) is 70.3 Å². The first-order chi connectivity index (χ1) is 21.9. The molecule has 18 heteroatoms. The lowest BCUT2D eigenvalue weighted by atomic mass is 10.1. The Balaban J connectivity index is 2.30. The first kappa shape index (κ1) is 36.4. The largest absolute Gasteiger partial charge is 0.444 e. The quantitative estimate of drug-likeness (QED) is 0.0382. The molecule has 0 aliphatic carbocycles. The van der Waals surface area contributed by atoms with Crippen molar-refractivity contribution in [2.75, 3.05) is 25.0 Å². The molecule has 0 saturated carbocycles. The van der Waals surface area contributed by atoms with Gasteiger partial charge in [0.15, 0.2) is 11.9 Å². The number of benzene rings is 2. The van der Waals surface area contributed by atoms with Crippen molar-refractivity contribution >= 4 is 47.1 Å². The van der Waals surface area contributed by atoms with Crippen LogP contribution in [0.15, 0.2) is 64.6 Å². The van der Waals surface area contributed by atoms with Crippen LogP contribution in [0.25, 0.3) is 0 Å². The molecule has 2 atom stereocenters. The van der Waals surface area contributed by atoms with Gasteiger partial charge in [-0.15, -0.1) is 0 Å². The molecule has 0 bridgehead atoms. The summed E-state index contributed by atoms with van der Waals surface area (Å²) in [6, 6.07) is 11.1. The molecular weight excluding hydrogens is 602 g/mol. The third-order valence-corrected chi connectivity index (χ3v) is 6.28. The van der Waals surface area contributed by atoms with Gasteiger partial charge in [0.2, 0.25) is 11.8 Å². The molecule has 0 fully saturated rings. The Labute approximate surface area is 264 Å². The summed E-state index contributed by atoms with van der Waals surface area (Å²) in [5.74, 6) is -2.76. The molecule has 0 spiro atoms. The number of anilines is 1. The number of nitro groups is 1. The van der Waals surface area contributed by atoms with Crippen molar-refractivity contribution < 1.29 is 28.8 Å². The average molecular weight is 642 g/mol. The van der Waals surface area contributed by atoms with E-state index in [4.69, 9.17) is 33.4 Å². The van der Waals surface area contributed by atoms with Gasteiger partial charge < -0.3 is 44.0 Å². The second kappa shape index (κ2) is 18.8. The number of aliphatic imine (C=N–C) groups is 2. The molecule has 0 radical (unpaired) electrons. The van der Waals surface area contributed by atoms with Crippen LogP contribution in [0.1, 0.15) is 31.2 Å². The number of rotatable bonds is 17. The molecule has 2 rings (SSSR count). The number of ether oxygens (including phenoxy) is 1. The fourth-order valence-corrected chi connectivity index (χ4v) is 3.98. The Kier molecular flexibility index (Phi) is 14.9. The summed E-state index contributed by atoms with van der Waals surface area (Å²) in [4.78, 5) is 71.8. The number of imide groups is 1. The number of amides is 4. The van der Waals surface area contributed by atoms with Gasteiger partial charge >= 0.3 is 6.09 Å². The lowest BCUT2D eigenvalue weighted by molar-refractivity contribution is -0.384. The number of nitrogens with zero attached hydrogens (tertiary/aromatic N) is 4. The number of hydrogen-bond acceptors (Lipinski definition) is 10. The van der Waals surface area contributed by atoms with E-state index in [-0.39, 0.29) is 62.3 Å². The predicted molar refractivity (Wildman–Crippen MR) is 170 cm³/mol. The smallest absolute Gasteiger partial charge is 0.417 e. The molecule has 0 aliphatic rings. The number of nitro benzene ring substituents is 1. The molecule has 18 nitrogen and oxygen atoms in total. The highest BCUT2D eigenvalue weighted by atomic mass is 16.6. The van der Waals surface area contributed by atoms with Crippen LogP contribution < -0.4 is 39.3 Å². The van der Waals surface area contributed by atoms with Crippen molar-refractivity contribution in [2.24, 2.45) is 38.7 Å². The number of carbonyl (C=O) groups is 4. The highest BCUT2D eigenvalue weighted by molar-refractivity contribution is 6.03. The Hall–Kier alpha value is -5.78. The maximum absolute atomic E-state index is 13.6. The summed E-state index contributed by atoms with van der Waals surface area (Å²) in [6.45, 7) is -0.609. The van der Waals surface area contributed by atoms with Crippen LogP contribution >= 0.6 is 0 Å². The van der Waals surface area contributed by atoms with Crippen molar-refractivity contribution in [3.63, 3.8) is 0 Å². The van der Waals surface area contributed by atoms with Crippen molar-refractivity contribution in [1.82, 2.24) is 10.2 Å². The number of hydrogen-bond donors (Lipinski definition) is 7. The normalized spacial score (nSPS) is 11.7. The predicted octanol–water partition coefficient (Wildman–Crippen LogP) is -0.382. The van der Waals surface area contributed by atoms with Crippen LogP contribution in [0.5, 0.6) is 0 Å². The molecule has 12 N–H and O–H groups in total. The average Bonchev–Trinajstić information content (AvgIpc) is 3.02. The zero-order chi connectivity index (χ0) is 34.1. The Morgan fingerprint density at radius 1 is 0.870 bits per heavy atom. The van der Waals surface area contributed by atoms with Crippen molar-refractivity contribution in [3.8, 4) is 0 Å². The van der Waals surface area contributed by atoms with E-state index >= 15 is 0 Å². The third kappa shape index (κ3) is 12.8. The van der Waals surface area contributed by atoms with Gasteiger partial charge in [0, 0.05) is 30.9 Å². The van der Waals surface area contributed by atoms with E-state index < -0.39 is 47.4 Å². The monoisotopic (exact) mass is 641 g/mol. The van der Waals surface area contributed by atoms with Crippen molar-refractivity contribution in [1.29, 1.82) is 0 Å². The van der Waals surface area contributed by atoms with E-state index in [1.807, 2.05) is 0 Å². The highest BCUT2D eigenvalue weighted by Gasteiger charge is 2.36. The summed E-state index contributed by atoms with van der Waals surface area (Å²) in [5.41, 5.74) is 27.8. The van der Waals surface area contributed by atoms with Crippen LogP contribution in [0, 0.1) is 10.1 Å². The fraction of sp³-hybridized carbons (Fsp3) is 0.357. The highest BCUT2D eigenvalue weighted by Crippen LogP contribution is 2.18. The molecule has 46 heavy (non-hydrogen) atoms. The van der Waals surface area contributed by atoms with E-state index in [9.17, 15) is 29.3 Å². The van der Waals surface area contributed by atoms with Crippen LogP contribution in [-0.4, -0.2) is 77.3 Å². The van der Waals surface area contributed by atoms with Gasteiger partial charge in [-0.25, -0.2) is 9.69 Å². The molecule has 0 saturated heterocycles. The van der Waals surface area contributed by atoms with Gasteiger partial charge in [0.1, 0.15) is 12.6 Å². The molecule has 0 unspecified atom stereocenters. The maximum Gasteiger partial charge on any atom is 0.417 e. The number of carbonyl (C=O) groups excluding carboxylic acids is 4. The second-order valence-electron chi connectivity index (χ2n) is 9.83. The number of nitrogens with one attached hydrogen (secondary N) is 2. The van der Waals surface area contributed by atoms with Crippen LogP contribution in [0.4, 0.5) is 16.2 Å². The molecule has 4 amide bonds. The topological polar surface area (TPSA) is 303 Å². The summed E-state index contributed by atoms with van der Waals surface area (Å²) in [6.07, 6.45) is -0.529. The van der Waals surface area contributed by atoms with Gasteiger partial charge in [-0.3, -0.25) is 34.5 Å². The van der Waals surface area contributed by atoms with Gasteiger partial charge in [0.05, 0.1) is 17.5 Å². The summed E-state index contributed by atoms with van der Waals surface area (Å²) in [7, 11) is 0. The number of non-ortho nitro benzene ring substituents is 1.